The maximum absolute atomic E-state index is 13.7. The second-order valence-corrected chi connectivity index (χ2v) is 8.80. The molecule has 1 unspecified atom stereocenters. The van der Waals surface area contributed by atoms with Crippen LogP contribution in [0.25, 0.3) is 11.1 Å². The summed E-state index contributed by atoms with van der Waals surface area (Å²) in [6, 6.07) is 27.3. The summed E-state index contributed by atoms with van der Waals surface area (Å²) in [7, 11) is 1.56. The van der Waals surface area contributed by atoms with Crippen LogP contribution in [0.2, 0.25) is 0 Å². The van der Waals surface area contributed by atoms with E-state index in [4.69, 9.17) is 4.74 Å². The first-order chi connectivity index (χ1) is 17.7. The zero-order chi connectivity index (χ0) is 24.9. The van der Waals surface area contributed by atoms with Crippen molar-refractivity contribution in [3.8, 4) is 22.9 Å². The first kappa shape index (κ1) is 23.5. The Balaban J connectivity index is 1.41. The van der Waals surface area contributed by atoms with Crippen LogP contribution >= 0.6 is 0 Å². The molecule has 0 saturated carbocycles. The van der Waals surface area contributed by atoms with E-state index in [-0.39, 0.29) is 11.9 Å². The van der Waals surface area contributed by atoms with Crippen LogP contribution in [-0.4, -0.2) is 43.2 Å². The van der Waals surface area contributed by atoms with Crippen LogP contribution in [0.5, 0.6) is 5.75 Å². The van der Waals surface area contributed by atoms with Gasteiger partial charge in [0.2, 0.25) is 0 Å². The summed E-state index contributed by atoms with van der Waals surface area (Å²) < 4.78 is 19.1. The monoisotopic (exact) mass is 478 g/mol. The minimum atomic E-state index is -0.318. The van der Waals surface area contributed by atoms with Crippen LogP contribution in [0.15, 0.2) is 91.3 Å². The van der Waals surface area contributed by atoms with Gasteiger partial charge in [0.05, 0.1) is 24.4 Å². The number of pyridine rings is 1. The molecule has 0 amide bonds. The average Bonchev–Trinajstić information content (AvgIpc) is 2.94. The Morgan fingerprint density at radius 2 is 1.58 bits per heavy atom. The molecule has 5 nitrogen and oxygen atoms in total. The molecule has 1 saturated heterocycles. The third-order valence-electron chi connectivity index (χ3n) is 6.77. The summed E-state index contributed by atoms with van der Waals surface area (Å²) >= 11 is 0. The molecule has 1 fully saturated rings. The van der Waals surface area contributed by atoms with E-state index in [1.807, 2.05) is 36.7 Å². The average molecular weight is 479 g/mol. The topological polar surface area (TPSA) is 52.4 Å². The van der Waals surface area contributed by atoms with Crippen molar-refractivity contribution in [1.82, 2.24) is 9.88 Å². The summed E-state index contributed by atoms with van der Waals surface area (Å²) in [5, 5.41) is 9.52. The maximum atomic E-state index is 13.7. The Hall–Kier alpha value is -4.21. The SMILES string of the molecule is COc1cc(F)ccc1-c1ccc(C(c2ccncc2)N2CCN(c3ccccc3C#N)CC2)cc1. The number of rotatable bonds is 6. The molecule has 1 atom stereocenters. The smallest absolute Gasteiger partial charge is 0.129 e. The van der Waals surface area contributed by atoms with E-state index >= 15 is 0 Å². The van der Waals surface area contributed by atoms with E-state index in [1.165, 1.54) is 23.3 Å². The number of aromatic nitrogens is 1. The number of para-hydroxylation sites is 1. The van der Waals surface area contributed by atoms with Gasteiger partial charge in [-0.3, -0.25) is 9.88 Å². The summed E-state index contributed by atoms with van der Waals surface area (Å²) in [5.74, 6) is 0.198. The zero-order valence-electron chi connectivity index (χ0n) is 20.1. The predicted octanol–water partition coefficient (Wildman–Crippen LogP) is 5.68. The summed E-state index contributed by atoms with van der Waals surface area (Å²) in [6.07, 6.45) is 3.67. The molecule has 1 aliphatic rings. The molecule has 2 heterocycles. The molecule has 36 heavy (non-hydrogen) atoms. The number of hydrogen-bond donors (Lipinski definition) is 0. The largest absolute Gasteiger partial charge is 0.496 e. The van der Waals surface area contributed by atoms with Crippen LogP contribution in [-0.2, 0) is 0 Å². The van der Waals surface area contributed by atoms with Crippen molar-refractivity contribution in [3.63, 3.8) is 0 Å². The first-order valence-electron chi connectivity index (χ1n) is 12.0. The van der Waals surface area contributed by atoms with Crippen molar-refractivity contribution in [1.29, 1.82) is 5.26 Å². The fraction of sp³-hybridized carbons (Fsp3) is 0.200. The molecule has 6 heteroatoms. The molecule has 0 bridgehead atoms. The van der Waals surface area contributed by atoms with E-state index in [0.29, 0.717) is 11.3 Å². The Morgan fingerprint density at radius 1 is 0.889 bits per heavy atom. The molecule has 0 aliphatic carbocycles. The third kappa shape index (κ3) is 4.79. The van der Waals surface area contributed by atoms with Crippen molar-refractivity contribution in [2.45, 2.75) is 6.04 Å². The normalized spacial score (nSPS) is 14.8. The lowest BCUT2D eigenvalue weighted by Crippen LogP contribution is -2.48. The predicted molar refractivity (Wildman–Crippen MR) is 139 cm³/mol. The number of nitriles is 1. The van der Waals surface area contributed by atoms with Gasteiger partial charge >= 0.3 is 0 Å². The van der Waals surface area contributed by atoms with Crippen LogP contribution in [0.1, 0.15) is 22.7 Å². The molecule has 0 spiro atoms. The highest BCUT2D eigenvalue weighted by atomic mass is 19.1. The van der Waals surface area contributed by atoms with Gasteiger partial charge in [-0.25, -0.2) is 4.39 Å². The van der Waals surface area contributed by atoms with Crippen molar-refractivity contribution in [3.05, 3.63) is 114 Å². The highest BCUT2D eigenvalue weighted by Crippen LogP contribution is 2.35. The summed E-state index contributed by atoms with van der Waals surface area (Å²) in [5.41, 5.74) is 5.90. The number of methoxy groups -OCH3 is 1. The van der Waals surface area contributed by atoms with Gasteiger partial charge in [0.25, 0.3) is 0 Å². The van der Waals surface area contributed by atoms with Crippen molar-refractivity contribution in [2.24, 2.45) is 0 Å². The molecular formula is C30H27FN4O. The zero-order valence-corrected chi connectivity index (χ0v) is 20.1. The number of anilines is 1. The molecular weight excluding hydrogens is 451 g/mol. The maximum Gasteiger partial charge on any atom is 0.129 e. The molecule has 4 aromatic rings. The molecule has 1 aliphatic heterocycles. The van der Waals surface area contributed by atoms with E-state index in [0.717, 1.165) is 43.0 Å². The van der Waals surface area contributed by atoms with Gasteiger partial charge in [-0.2, -0.15) is 5.26 Å². The van der Waals surface area contributed by atoms with E-state index < -0.39 is 0 Å². The molecule has 180 valence electrons. The number of ether oxygens (including phenoxy) is 1. The Bertz CT molecular complexity index is 1360. The highest BCUT2D eigenvalue weighted by molar-refractivity contribution is 5.70. The van der Waals surface area contributed by atoms with Gasteiger partial charge in [-0.15, -0.1) is 0 Å². The number of nitrogens with zero attached hydrogens (tertiary/aromatic N) is 4. The molecule has 1 aromatic heterocycles. The molecule has 0 N–H and O–H groups in total. The van der Waals surface area contributed by atoms with Gasteiger partial charge in [-0.05, 0) is 53.1 Å². The van der Waals surface area contributed by atoms with E-state index in [9.17, 15) is 9.65 Å². The lowest BCUT2D eigenvalue weighted by atomic mass is 9.94. The highest BCUT2D eigenvalue weighted by Gasteiger charge is 2.27. The van der Waals surface area contributed by atoms with Crippen LogP contribution in [0.4, 0.5) is 10.1 Å². The number of benzene rings is 3. The second kappa shape index (κ2) is 10.6. The van der Waals surface area contributed by atoms with Crippen molar-refractivity contribution >= 4 is 5.69 Å². The lowest BCUT2D eigenvalue weighted by Gasteiger charge is -2.41. The minimum absolute atomic E-state index is 0.0746. The van der Waals surface area contributed by atoms with Gasteiger partial charge in [0.15, 0.2) is 0 Å². The van der Waals surface area contributed by atoms with Crippen molar-refractivity contribution < 1.29 is 9.13 Å². The first-order valence-corrected chi connectivity index (χ1v) is 12.0. The lowest BCUT2D eigenvalue weighted by molar-refractivity contribution is 0.212. The van der Waals surface area contributed by atoms with Gasteiger partial charge in [-0.1, -0.05) is 36.4 Å². The fourth-order valence-corrected chi connectivity index (χ4v) is 4.97. The van der Waals surface area contributed by atoms with Crippen LogP contribution in [0, 0.1) is 17.1 Å². The molecule has 5 rings (SSSR count). The quantitative estimate of drug-likeness (QED) is 0.357. The van der Waals surface area contributed by atoms with E-state index in [2.05, 4.69) is 57.3 Å². The molecule has 3 aromatic carbocycles. The number of piperazine rings is 1. The van der Waals surface area contributed by atoms with Gasteiger partial charge < -0.3 is 9.64 Å². The number of halogens is 1. The summed E-state index contributed by atoms with van der Waals surface area (Å²) in [4.78, 5) is 8.99. The fourth-order valence-electron chi connectivity index (χ4n) is 4.97. The Labute approximate surface area is 211 Å². The Kier molecular flexibility index (Phi) is 6.92. The third-order valence-corrected chi connectivity index (χ3v) is 6.77. The Morgan fingerprint density at radius 3 is 2.28 bits per heavy atom. The summed E-state index contributed by atoms with van der Waals surface area (Å²) in [6.45, 7) is 3.40. The second-order valence-electron chi connectivity index (χ2n) is 8.80. The van der Waals surface area contributed by atoms with Crippen LogP contribution < -0.4 is 9.64 Å². The number of hydrogen-bond acceptors (Lipinski definition) is 5. The van der Waals surface area contributed by atoms with Crippen molar-refractivity contribution in [2.75, 3.05) is 38.2 Å². The standard InChI is InChI=1S/C30H27FN4O/c1-36-29-20-26(31)10-11-27(29)22-6-8-23(9-7-22)30(24-12-14-33-15-13-24)35-18-16-34(17-19-35)28-5-3-2-4-25(28)21-32/h2-15,20,30H,16-19H2,1H3. The van der Waals surface area contributed by atoms with E-state index in [1.54, 1.807) is 13.2 Å². The minimum Gasteiger partial charge on any atom is -0.496 e. The van der Waals surface area contributed by atoms with Crippen LogP contribution in [0.3, 0.4) is 0 Å². The molecule has 0 radical (unpaired) electrons. The van der Waals surface area contributed by atoms with Gasteiger partial charge in [0, 0.05) is 50.2 Å². The van der Waals surface area contributed by atoms with Gasteiger partial charge in [0.1, 0.15) is 17.6 Å².